The zero-order chi connectivity index (χ0) is 10.4. The molecular weight excluding hydrogens is 184 g/mol. The number of carbonyl (C=O) groups is 2. The molecule has 0 unspecified atom stereocenters. The molecule has 80 valence electrons. The Bertz CT molecular complexity index is 218. The predicted molar refractivity (Wildman–Crippen MR) is 50.7 cm³/mol. The van der Waals surface area contributed by atoms with Crippen LogP contribution in [0.3, 0.4) is 0 Å². The first kappa shape index (κ1) is 11.0. The summed E-state index contributed by atoms with van der Waals surface area (Å²) in [4.78, 5) is 24.0. The van der Waals surface area contributed by atoms with Crippen LogP contribution >= 0.6 is 0 Å². The van der Waals surface area contributed by atoms with Crippen molar-refractivity contribution in [2.45, 2.75) is 13.3 Å². The van der Waals surface area contributed by atoms with Gasteiger partial charge < -0.3 is 15.0 Å². The molecule has 0 aromatic rings. The second-order valence-electron chi connectivity index (χ2n) is 3.11. The molecule has 0 aromatic carbocycles. The van der Waals surface area contributed by atoms with Crippen LogP contribution in [0.4, 0.5) is 0 Å². The standard InChI is InChI=1S/C9H16N2O3/c1-2-14-9(13)3-5-11-6-4-10-7-8(11)12/h10H,2-7H2,1H3. The highest BCUT2D eigenvalue weighted by atomic mass is 16.5. The highest BCUT2D eigenvalue weighted by Crippen LogP contribution is 1.97. The van der Waals surface area contributed by atoms with E-state index in [1.165, 1.54) is 0 Å². The molecule has 5 nitrogen and oxygen atoms in total. The van der Waals surface area contributed by atoms with Gasteiger partial charge in [0.1, 0.15) is 0 Å². The van der Waals surface area contributed by atoms with Crippen molar-refractivity contribution in [3.63, 3.8) is 0 Å². The molecule has 0 spiro atoms. The summed E-state index contributed by atoms with van der Waals surface area (Å²) in [5, 5.41) is 2.97. The lowest BCUT2D eigenvalue weighted by molar-refractivity contribution is -0.144. The van der Waals surface area contributed by atoms with Crippen LogP contribution in [-0.2, 0) is 14.3 Å². The number of rotatable bonds is 4. The van der Waals surface area contributed by atoms with Gasteiger partial charge in [-0.1, -0.05) is 0 Å². The number of carbonyl (C=O) groups excluding carboxylic acids is 2. The second kappa shape index (κ2) is 5.59. The quantitative estimate of drug-likeness (QED) is 0.614. The van der Waals surface area contributed by atoms with Gasteiger partial charge in [-0.15, -0.1) is 0 Å². The number of hydrogen-bond acceptors (Lipinski definition) is 4. The number of piperazine rings is 1. The summed E-state index contributed by atoms with van der Waals surface area (Å²) in [5.74, 6) is -0.181. The van der Waals surface area contributed by atoms with Crippen molar-refractivity contribution in [2.75, 3.05) is 32.8 Å². The number of hydrogen-bond donors (Lipinski definition) is 1. The Hall–Kier alpha value is -1.10. The maximum atomic E-state index is 11.3. The molecule has 1 saturated heterocycles. The zero-order valence-corrected chi connectivity index (χ0v) is 8.41. The summed E-state index contributed by atoms with van der Waals surface area (Å²) in [5.41, 5.74) is 0. The normalized spacial score (nSPS) is 16.9. The average molecular weight is 200 g/mol. The lowest BCUT2D eigenvalue weighted by Crippen LogP contribution is -2.48. The Morgan fingerprint density at radius 2 is 2.43 bits per heavy atom. The van der Waals surface area contributed by atoms with Crippen molar-refractivity contribution in [1.29, 1.82) is 0 Å². The van der Waals surface area contributed by atoms with Crippen molar-refractivity contribution >= 4 is 11.9 Å². The van der Waals surface area contributed by atoms with E-state index in [-0.39, 0.29) is 11.9 Å². The van der Waals surface area contributed by atoms with E-state index >= 15 is 0 Å². The van der Waals surface area contributed by atoms with Gasteiger partial charge in [-0.25, -0.2) is 0 Å². The molecule has 1 heterocycles. The zero-order valence-electron chi connectivity index (χ0n) is 8.41. The summed E-state index contributed by atoms with van der Waals surface area (Å²) in [6.07, 6.45) is 0.291. The van der Waals surface area contributed by atoms with E-state index in [0.29, 0.717) is 32.7 Å². The summed E-state index contributed by atoms with van der Waals surface area (Å²) < 4.78 is 4.78. The van der Waals surface area contributed by atoms with Gasteiger partial charge >= 0.3 is 5.97 Å². The molecule has 14 heavy (non-hydrogen) atoms. The third kappa shape index (κ3) is 3.33. The van der Waals surface area contributed by atoms with Crippen LogP contribution in [0.1, 0.15) is 13.3 Å². The maximum Gasteiger partial charge on any atom is 0.307 e. The Kier molecular flexibility index (Phi) is 4.39. The first-order valence-corrected chi connectivity index (χ1v) is 4.88. The van der Waals surface area contributed by atoms with Crippen molar-refractivity contribution in [3.8, 4) is 0 Å². The second-order valence-corrected chi connectivity index (χ2v) is 3.11. The third-order valence-corrected chi connectivity index (χ3v) is 2.08. The Morgan fingerprint density at radius 1 is 1.64 bits per heavy atom. The molecule has 5 heteroatoms. The SMILES string of the molecule is CCOC(=O)CCN1CCNCC1=O. The van der Waals surface area contributed by atoms with Crippen molar-refractivity contribution in [2.24, 2.45) is 0 Å². The lowest BCUT2D eigenvalue weighted by Gasteiger charge is -2.26. The van der Waals surface area contributed by atoms with E-state index in [4.69, 9.17) is 4.74 Å². The minimum Gasteiger partial charge on any atom is -0.466 e. The monoisotopic (exact) mass is 200 g/mol. The fourth-order valence-electron chi connectivity index (χ4n) is 1.34. The minimum atomic E-state index is -0.237. The Labute approximate surface area is 83.4 Å². The summed E-state index contributed by atoms with van der Waals surface area (Å²) in [7, 11) is 0. The molecule has 1 aliphatic rings. The molecule has 0 radical (unpaired) electrons. The molecule has 0 bridgehead atoms. The summed E-state index contributed by atoms with van der Waals surface area (Å²) in [6, 6.07) is 0. The number of nitrogens with zero attached hydrogens (tertiary/aromatic N) is 1. The minimum absolute atomic E-state index is 0.0561. The molecule has 0 aliphatic carbocycles. The first-order chi connectivity index (χ1) is 6.74. The van der Waals surface area contributed by atoms with E-state index in [2.05, 4.69) is 5.32 Å². The highest BCUT2D eigenvalue weighted by molar-refractivity contribution is 5.79. The van der Waals surface area contributed by atoms with Gasteiger partial charge in [-0.05, 0) is 6.92 Å². The summed E-state index contributed by atoms with van der Waals surface area (Å²) in [6.45, 7) is 4.50. The van der Waals surface area contributed by atoms with Gasteiger partial charge in [-0.2, -0.15) is 0 Å². The van der Waals surface area contributed by atoms with Crippen LogP contribution in [0.5, 0.6) is 0 Å². The van der Waals surface area contributed by atoms with Gasteiger partial charge in [0, 0.05) is 19.6 Å². The molecule has 1 rings (SSSR count). The van der Waals surface area contributed by atoms with Crippen molar-refractivity contribution in [1.82, 2.24) is 10.2 Å². The van der Waals surface area contributed by atoms with E-state index < -0.39 is 0 Å². The maximum absolute atomic E-state index is 11.3. The van der Waals surface area contributed by atoms with Crippen LogP contribution in [0.15, 0.2) is 0 Å². The van der Waals surface area contributed by atoms with E-state index in [1.54, 1.807) is 11.8 Å². The van der Waals surface area contributed by atoms with E-state index in [1.807, 2.05) is 0 Å². The lowest BCUT2D eigenvalue weighted by atomic mass is 10.3. The molecule has 1 N–H and O–H groups in total. The molecule has 0 aromatic heterocycles. The number of nitrogens with one attached hydrogen (secondary N) is 1. The van der Waals surface area contributed by atoms with Crippen LogP contribution in [0, 0.1) is 0 Å². The first-order valence-electron chi connectivity index (χ1n) is 4.88. The molecular formula is C9H16N2O3. The molecule has 1 amide bonds. The predicted octanol–water partition coefficient (Wildman–Crippen LogP) is -0.629. The largest absolute Gasteiger partial charge is 0.466 e. The van der Waals surface area contributed by atoms with E-state index in [0.717, 1.165) is 6.54 Å². The fraction of sp³-hybridized carbons (Fsp3) is 0.778. The summed E-state index contributed by atoms with van der Waals surface area (Å²) >= 11 is 0. The molecule has 1 aliphatic heterocycles. The number of ether oxygens (including phenoxy) is 1. The van der Waals surface area contributed by atoms with Crippen molar-refractivity contribution in [3.05, 3.63) is 0 Å². The Balaban J connectivity index is 2.22. The van der Waals surface area contributed by atoms with E-state index in [9.17, 15) is 9.59 Å². The van der Waals surface area contributed by atoms with Crippen LogP contribution < -0.4 is 5.32 Å². The van der Waals surface area contributed by atoms with Crippen LogP contribution in [-0.4, -0.2) is 49.6 Å². The number of amides is 1. The van der Waals surface area contributed by atoms with Crippen LogP contribution in [0.2, 0.25) is 0 Å². The average Bonchev–Trinajstić information content (AvgIpc) is 2.17. The van der Waals surface area contributed by atoms with Gasteiger partial charge in [-0.3, -0.25) is 9.59 Å². The van der Waals surface area contributed by atoms with Gasteiger partial charge in [0.05, 0.1) is 19.6 Å². The van der Waals surface area contributed by atoms with Gasteiger partial charge in [0.15, 0.2) is 0 Å². The molecule has 0 saturated carbocycles. The third-order valence-electron chi connectivity index (χ3n) is 2.08. The van der Waals surface area contributed by atoms with Gasteiger partial charge in [0.2, 0.25) is 5.91 Å². The highest BCUT2D eigenvalue weighted by Gasteiger charge is 2.18. The van der Waals surface area contributed by atoms with Crippen LogP contribution in [0.25, 0.3) is 0 Å². The number of esters is 1. The molecule has 1 fully saturated rings. The smallest absolute Gasteiger partial charge is 0.307 e. The Morgan fingerprint density at radius 3 is 3.07 bits per heavy atom. The van der Waals surface area contributed by atoms with Crippen molar-refractivity contribution < 1.29 is 14.3 Å². The topological polar surface area (TPSA) is 58.6 Å². The fourth-order valence-corrected chi connectivity index (χ4v) is 1.34. The van der Waals surface area contributed by atoms with Gasteiger partial charge in [0.25, 0.3) is 0 Å². The molecule has 0 atom stereocenters.